The zero-order chi connectivity index (χ0) is 14.2. The fourth-order valence-corrected chi connectivity index (χ4v) is 2.73. The highest BCUT2D eigenvalue weighted by atomic mass is 28.4. The average molecular weight is 274 g/mol. The van der Waals surface area contributed by atoms with Crippen molar-refractivity contribution in [2.24, 2.45) is 0 Å². The van der Waals surface area contributed by atoms with Crippen molar-refractivity contribution in [1.82, 2.24) is 0 Å². The summed E-state index contributed by atoms with van der Waals surface area (Å²) in [4.78, 5) is 32.7. The Hall–Kier alpha value is -1.15. The summed E-state index contributed by atoms with van der Waals surface area (Å²) in [5.74, 6) is -0.648. The molecule has 0 aliphatic rings. The van der Waals surface area contributed by atoms with Gasteiger partial charge in [0.15, 0.2) is 17.3 Å². The van der Waals surface area contributed by atoms with Crippen LogP contribution in [0.4, 0.5) is 0 Å². The first-order valence-electron chi connectivity index (χ1n) is 5.35. The first kappa shape index (κ1) is 16.8. The smallest absolute Gasteiger partial charge is 0.363 e. The number of hydrogen-bond acceptors (Lipinski definition) is 6. The quantitative estimate of drug-likeness (QED) is 0.539. The number of ketones is 3. The van der Waals surface area contributed by atoms with Crippen LogP contribution in [0.15, 0.2) is 12.3 Å². The lowest BCUT2D eigenvalue weighted by Crippen LogP contribution is -2.47. The van der Waals surface area contributed by atoms with Crippen LogP contribution < -0.4 is 0 Å². The van der Waals surface area contributed by atoms with Gasteiger partial charge >= 0.3 is 8.80 Å². The molecule has 0 spiro atoms. The lowest BCUT2D eigenvalue weighted by atomic mass is 10.5. The topological polar surface area (TPSA) is 78.9 Å². The van der Waals surface area contributed by atoms with Gasteiger partial charge in [-0.25, -0.2) is 0 Å². The van der Waals surface area contributed by atoms with Crippen LogP contribution >= 0.6 is 0 Å². The van der Waals surface area contributed by atoms with Crippen LogP contribution in [0, 0.1) is 0 Å². The Balaban J connectivity index is 4.69. The van der Waals surface area contributed by atoms with Gasteiger partial charge in [-0.15, -0.1) is 0 Å². The molecule has 0 aromatic carbocycles. The fourth-order valence-electron chi connectivity index (χ4n) is 0.908. The predicted molar refractivity (Wildman–Crippen MR) is 65.9 cm³/mol. The molecule has 0 radical (unpaired) electrons. The van der Waals surface area contributed by atoms with Gasteiger partial charge in [0.05, 0.1) is 19.8 Å². The van der Waals surface area contributed by atoms with E-state index in [-0.39, 0.29) is 37.2 Å². The number of Topliss-reactive ketones (excluding diaryl/α,β-unsaturated/α-hetero) is 3. The van der Waals surface area contributed by atoms with Gasteiger partial charge in [0.25, 0.3) is 0 Å². The van der Waals surface area contributed by atoms with Crippen LogP contribution in [0.2, 0.25) is 0 Å². The summed E-state index contributed by atoms with van der Waals surface area (Å²) in [7, 11) is -3.36. The molecule has 0 bridgehead atoms. The highest BCUT2D eigenvalue weighted by Gasteiger charge is 2.39. The number of carbonyl (C=O) groups excluding carboxylic acids is 3. The van der Waals surface area contributed by atoms with Crippen molar-refractivity contribution in [3.63, 3.8) is 0 Å². The van der Waals surface area contributed by atoms with Crippen LogP contribution in [0.1, 0.15) is 20.8 Å². The van der Waals surface area contributed by atoms with Crippen molar-refractivity contribution < 1.29 is 27.7 Å². The van der Waals surface area contributed by atoms with E-state index in [9.17, 15) is 14.4 Å². The fraction of sp³-hybridized carbons (Fsp3) is 0.545. The summed E-state index contributed by atoms with van der Waals surface area (Å²) in [5.41, 5.74) is 1.29. The molecule has 0 aromatic heterocycles. The van der Waals surface area contributed by atoms with E-state index in [2.05, 4.69) is 6.58 Å². The molecule has 0 saturated heterocycles. The Kier molecular flexibility index (Phi) is 7.52. The standard InChI is InChI=1S/C11H18O6Si/c1-5-18(15-6-9(2)12,16-7-10(3)13)17-8-11(4)14/h5H,1,6-8H2,2-4H3. The van der Waals surface area contributed by atoms with Crippen LogP contribution in [0.25, 0.3) is 0 Å². The van der Waals surface area contributed by atoms with Crippen LogP contribution in [-0.4, -0.2) is 46.0 Å². The maximum absolute atomic E-state index is 10.9. The van der Waals surface area contributed by atoms with Crippen molar-refractivity contribution >= 4 is 26.2 Å². The maximum Gasteiger partial charge on any atom is 0.530 e. The van der Waals surface area contributed by atoms with Crippen molar-refractivity contribution in [2.45, 2.75) is 20.8 Å². The van der Waals surface area contributed by atoms with Crippen LogP contribution in [-0.2, 0) is 27.7 Å². The molecule has 0 saturated carbocycles. The van der Waals surface area contributed by atoms with E-state index in [0.717, 1.165) is 0 Å². The van der Waals surface area contributed by atoms with Crippen LogP contribution in [0.5, 0.6) is 0 Å². The molecule has 6 nitrogen and oxygen atoms in total. The Morgan fingerprint density at radius 3 is 1.33 bits per heavy atom. The monoisotopic (exact) mass is 274 g/mol. The SMILES string of the molecule is C=C[Si](OCC(C)=O)(OCC(C)=O)OCC(C)=O. The molecule has 0 atom stereocenters. The molecular formula is C11H18O6Si. The van der Waals surface area contributed by atoms with E-state index >= 15 is 0 Å². The first-order valence-corrected chi connectivity index (χ1v) is 7.15. The Labute approximate surface area is 107 Å². The summed E-state index contributed by atoms with van der Waals surface area (Å²) in [6.45, 7) is 6.91. The van der Waals surface area contributed by atoms with E-state index in [1.54, 1.807) is 0 Å². The molecule has 18 heavy (non-hydrogen) atoms. The molecule has 0 aliphatic heterocycles. The summed E-state index contributed by atoms with van der Waals surface area (Å²) in [6, 6.07) is 0. The van der Waals surface area contributed by atoms with E-state index < -0.39 is 8.80 Å². The third-order valence-corrected chi connectivity index (χ3v) is 3.82. The summed E-state index contributed by atoms with van der Waals surface area (Å²) in [6.07, 6.45) is 0. The Bertz CT molecular complexity index is 293. The van der Waals surface area contributed by atoms with Gasteiger partial charge in [0.1, 0.15) is 0 Å². The Morgan fingerprint density at radius 2 is 1.17 bits per heavy atom. The molecule has 0 aromatic rings. The minimum atomic E-state index is -3.36. The van der Waals surface area contributed by atoms with Gasteiger partial charge in [-0.1, -0.05) is 6.58 Å². The maximum atomic E-state index is 10.9. The van der Waals surface area contributed by atoms with Crippen LogP contribution in [0.3, 0.4) is 0 Å². The van der Waals surface area contributed by atoms with Gasteiger partial charge in [0, 0.05) is 0 Å². The third kappa shape index (κ3) is 7.23. The normalized spacial score (nSPS) is 11.1. The van der Waals surface area contributed by atoms with Gasteiger partial charge in [-0.3, -0.25) is 14.4 Å². The van der Waals surface area contributed by atoms with Crippen molar-refractivity contribution in [1.29, 1.82) is 0 Å². The molecule has 0 heterocycles. The lowest BCUT2D eigenvalue weighted by Gasteiger charge is -2.25. The molecule has 0 fully saturated rings. The molecule has 0 amide bonds. The second kappa shape index (κ2) is 8.04. The average Bonchev–Trinajstić information content (AvgIpc) is 2.28. The Morgan fingerprint density at radius 1 is 0.889 bits per heavy atom. The lowest BCUT2D eigenvalue weighted by molar-refractivity contribution is -0.123. The molecule has 0 aliphatic carbocycles. The van der Waals surface area contributed by atoms with Gasteiger partial charge in [0.2, 0.25) is 0 Å². The zero-order valence-corrected chi connectivity index (χ0v) is 11.9. The minimum Gasteiger partial charge on any atom is -0.363 e. The van der Waals surface area contributed by atoms with Gasteiger partial charge < -0.3 is 13.3 Å². The van der Waals surface area contributed by atoms with Crippen molar-refractivity contribution in [3.05, 3.63) is 12.3 Å². The van der Waals surface area contributed by atoms with E-state index in [0.29, 0.717) is 0 Å². The van der Waals surface area contributed by atoms with E-state index in [4.69, 9.17) is 13.3 Å². The summed E-state index contributed by atoms with van der Waals surface area (Å²) in [5, 5.41) is 0. The highest BCUT2D eigenvalue weighted by molar-refractivity contribution is 6.66. The van der Waals surface area contributed by atoms with E-state index in [1.807, 2.05) is 0 Å². The second-order valence-corrected chi connectivity index (χ2v) is 6.26. The number of hydrogen-bond donors (Lipinski definition) is 0. The molecule has 0 N–H and O–H groups in total. The summed E-state index contributed by atoms with van der Waals surface area (Å²) < 4.78 is 15.8. The highest BCUT2D eigenvalue weighted by Crippen LogP contribution is 2.11. The van der Waals surface area contributed by atoms with E-state index in [1.165, 1.54) is 26.5 Å². The van der Waals surface area contributed by atoms with Crippen molar-refractivity contribution in [3.8, 4) is 0 Å². The second-order valence-electron chi connectivity index (χ2n) is 3.78. The molecule has 0 unspecified atom stereocenters. The van der Waals surface area contributed by atoms with Gasteiger partial charge in [-0.2, -0.15) is 0 Å². The largest absolute Gasteiger partial charge is 0.530 e. The third-order valence-electron chi connectivity index (χ3n) is 1.68. The molecular weight excluding hydrogens is 256 g/mol. The number of rotatable bonds is 10. The summed E-state index contributed by atoms with van der Waals surface area (Å²) >= 11 is 0. The molecule has 7 heteroatoms. The van der Waals surface area contributed by atoms with Gasteiger partial charge in [-0.05, 0) is 26.5 Å². The zero-order valence-electron chi connectivity index (χ0n) is 10.9. The molecule has 0 rings (SSSR count). The minimum absolute atomic E-state index is 0.214. The van der Waals surface area contributed by atoms with Crippen molar-refractivity contribution in [2.75, 3.05) is 19.8 Å². The first-order chi connectivity index (χ1) is 8.31. The molecule has 102 valence electrons. The predicted octanol–water partition coefficient (Wildman–Crippen LogP) is 0.467. The number of carbonyl (C=O) groups is 3.